The lowest BCUT2D eigenvalue weighted by Gasteiger charge is -2.39. The van der Waals surface area contributed by atoms with Gasteiger partial charge in [0.15, 0.2) is 0 Å². The molecule has 1 unspecified atom stereocenters. The van der Waals surface area contributed by atoms with Gasteiger partial charge in [-0.05, 0) is 47.4 Å². The molecule has 0 aromatic heterocycles. The van der Waals surface area contributed by atoms with Crippen LogP contribution in [0.1, 0.15) is 11.1 Å². The lowest BCUT2D eigenvalue weighted by Crippen LogP contribution is -2.60. The van der Waals surface area contributed by atoms with Crippen LogP contribution < -0.4 is 4.74 Å². The fraction of sp³-hybridized carbons (Fsp3) is 0.417. The van der Waals surface area contributed by atoms with E-state index >= 15 is 0 Å². The van der Waals surface area contributed by atoms with Gasteiger partial charge in [0.1, 0.15) is 35.9 Å². The molecule has 0 aliphatic carbocycles. The zero-order valence-electron chi connectivity index (χ0n) is 18.0. The number of hydrogen-bond donors (Lipinski definition) is 7. The third-order valence-electron chi connectivity index (χ3n) is 5.57. The van der Waals surface area contributed by atoms with Gasteiger partial charge in [0.05, 0.1) is 19.3 Å². The number of aliphatic hydroxyl groups excluding tert-OH is 6. The summed E-state index contributed by atoms with van der Waals surface area (Å²) in [7, 11) is 0. The van der Waals surface area contributed by atoms with Crippen LogP contribution in [-0.4, -0.2) is 85.8 Å². The number of phenols is 1. The predicted octanol–water partition coefficient (Wildman–Crippen LogP) is -0.138. The third-order valence-corrected chi connectivity index (χ3v) is 5.57. The summed E-state index contributed by atoms with van der Waals surface area (Å²) in [6.45, 7) is 2.80. The molecule has 3 rings (SSSR count). The van der Waals surface area contributed by atoms with Gasteiger partial charge in [-0.1, -0.05) is 18.2 Å². The smallest absolute Gasteiger partial charge is 0.229 e. The summed E-state index contributed by atoms with van der Waals surface area (Å²) in [6, 6.07) is 9.97. The van der Waals surface area contributed by atoms with Gasteiger partial charge < -0.3 is 45.2 Å². The Morgan fingerprint density at radius 1 is 1.03 bits per heavy atom. The van der Waals surface area contributed by atoms with Crippen molar-refractivity contribution in [3.63, 3.8) is 0 Å². The van der Waals surface area contributed by atoms with Crippen molar-refractivity contribution < 1.29 is 45.2 Å². The zero-order valence-corrected chi connectivity index (χ0v) is 18.0. The zero-order chi connectivity index (χ0) is 24.1. The summed E-state index contributed by atoms with van der Waals surface area (Å²) < 4.78 is 11.2. The minimum absolute atomic E-state index is 0.0318. The largest absolute Gasteiger partial charge is 0.507 e. The van der Waals surface area contributed by atoms with Crippen LogP contribution in [0, 0.1) is 0 Å². The van der Waals surface area contributed by atoms with Gasteiger partial charge in [0, 0.05) is 12.0 Å². The number of rotatable bonds is 9. The Balaban J connectivity index is 1.90. The molecule has 33 heavy (non-hydrogen) atoms. The van der Waals surface area contributed by atoms with Crippen molar-refractivity contribution in [3.8, 4) is 22.6 Å². The molecule has 0 saturated carbocycles. The molecule has 1 aliphatic heterocycles. The number of aromatic hydroxyl groups is 1. The molecule has 180 valence electrons. The van der Waals surface area contributed by atoms with Crippen molar-refractivity contribution in [2.24, 2.45) is 0 Å². The first kappa shape index (κ1) is 25.1. The number of allylic oxidation sites excluding steroid dienone is 1. The van der Waals surface area contributed by atoms with Crippen molar-refractivity contribution in [1.29, 1.82) is 0 Å². The van der Waals surface area contributed by atoms with Gasteiger partial charge in [-0.3, -0.25) is 0 Å². The van der Waals surface area contributed by atoms with Crippen LogP contribution in [0.3, 0.4) is 0 Å². The minimum Gasteiger partial charge on any atom is -0.507 e. The molecule has 1 saturated heterocycles. The lowest BCUT2D eigenvalue weighted by molar-refractivity contribution is -0.277. The summed E-state index contributed by atoms with van der Waals surface area (Å²) in [5.74, 6) is 0.360. The fourth-order valence-corrected chi connectivity index (χ4v) is 3.74. The van der Waals surface area contributed by atoms with Gasteiger partial charge >= 0.3 is 0 Å². The van der Waals surface area contributed by atoms with Crippen LogP contribution in [0.15, 0.2) is 49.1 Å². The Kier molecular flexibility index (Phi) is 8.44. The number of aliphatic hydroxyl groups is 6. The maximum atomic E-state index is 10.4. The number of ether oxygens (including phenoxy) is 2. The molecule has 1 heterocycles. The van der Waals surface area contributed by atoms with Crippen molar-refractivity contribution >= 4 is 0 Å². The maximum absolute atomic E-state index is 10.4. The highest BCUT2D eigenvalue weighted by molar-refractivity contribution is 5.72. The summed E-state index contributed by atoms with van der Waals surface area (Å²) in [5, 5.41) is 68.8. The van der Waals surface area contributed by atoms with E-state index in [1.54, 1.807) is 36.4 Å². The predicted molar refractivity (Wildman–Crippen MR) is 119 cm³/mol. The van der Waals surface area contributed by atoms with E-state index in [0.717, 1.165) is 5.56 Å². The van der Waals surface area contributed by atoms with E-state index in [0.29, 0.717) is 28.9 Å². The molecule has 7 N–H and O–H groups in total. The molecule has 2 aromatic carbocycles. The molecule has 0 bridgehead atoms. The second kappa shape index (κ2) is 11.1. The summed E-state index contributed by atoms with van der Waals surface area (Å²) in [4.78, 5) is 0. The molecule has 9 nitrogen and oxygen atoms in total. The second-order valence-corrected chi connectivity index (χ2v) is 8.02. The van der Waals surface area contributed by atoms with Gasteiger partial charge in [0.2, 0.25) is 6.29 Å². The molecule has 0 radical (unpaired) electrons. The molecule has 1 fully saturated rings. The Labute approximate surface area is 191 Å². The van der Waals surface area contributed by atoms with Crippen molar-refractivity contribution in [2.45, 2.75) is 49.7 Å². The van der Waals surface area contributed by atoms with Crippen LogP contribution in [0.2, 0.25) is 0 Å². The van der Waals surface area contributed by atoms with E-state index < -0.39 is 43.4 Å². The molecular formula is C24H30O9. The average molecular weight is 462 g/mol. The van der Waals surface area contributed by atoms with E-state index in [2.05, 4.69) is 6.58 Å². The second-order valence-electron chi connectivity index (χ2n) is 8.02. The van der Waals surface area contributed by atoms with Crippen molar-refractivity contribution in [2.75, 3.05) is 13.2 Å². The van der Waals surface area contributed by atoms with E-state index in [4.69, 9.17) is 14.6 Å². The summed E-state index contributed by atoms with van der Waals surface area (Å²) in [5.41, 5.74) is 2.56. The third kappa shape index (κ3) is 5.71. The van der Waals surface area contributed by atoms with Crippen LogP contribution in [0.4, 0.5) is 0 Å². The van der Waals surface area contributed by atoms with E-state index in [1.807, 2.05) is 0 Å². The number of hydrogen-bond acceptors (Lipinski definition) is 9. The maximum Gasteiger partial charge on any atom is 0.229 e. The molecule has 0 amide bonds. The topological polar surface area (TPSA) is 160 Å². The Morgan fingerprint density at radius 3 is 2.45 bits per heavy atom. The normalized spacial score (nSPS) is 26.1. The van der Waals surface area contributed by atoms with Crippen molar-refractivity contribution in [3.05, 3.63) is 60.2 Å². The van der Waals surface area contributed by atoms with Gasteiger partial charge in [-0.2, -0.15) is 0 Å². The highest BCUT2D eigenvalue weighted by Crippen LogP contribution is 2.35. The van der Waals surface area contributed by atoms with Crippen LogP contribution in [0.5, 0.6) is 11.5 Å². The van der Waals surface area contributed by atoms with Gasteiger partial charge in [-0.25, -0.2) is 0 Å². The SMILES string of the molecule is C=CCc1cc(-c2cc(CC(O)CO)ccc2O)ccc1O[C@@H]1O[C@H](CO)[C@@H](O)[C@H](O)[C@H]1O. The van der Waals surface area contributed by atoms with Gasteiger partial charge in [-0.15, -0.1) is 6.58 Å². The summed E-state index contributed by atoms with van der Waals surface area (Å²) >= 11 is 0. The Hall–Kier alpha value is -2.50. The highest BCUT2D eigenvalue weighted by Gasteiger charge is 2.44. The first-order valence-electron chi connectivity index (χ1n) is 10.6. The van der Waals surface area contributed by atoms with Crippen molar-refractivity contribution in [1.82, 2.24) is 0 Å². The fourth-order valence-electron chi connectivity index (χ4n) is 3.74. The number of phenolic OH excluding ortho intramolecular Hbond substituents is 1. The molecular weight excluding hydrogens is 432 g/mol. The lowest BCUT2D eigenvalue weighted by atomic mass is 9.96. The quantitative estimate of drug-likeness (QED) is 0.252. The first-order chi connectivity index (χ1) is 15.8. The molecule has 2 aromatic rings. The molecule has 6 atom stereocenters. The molecule has 9 heteroatoms. The summed E-state index contributed by atoms with van der Waals surface area (Å²) in [6.07, 6.45) is -5.67. The molecule has 1 aliphatic rings. The first-order valence-corrected chi connectivity index (χ1v) is 10.6. The highest BCUT2D eigenvalue weighted by atomic mass is 16.7. The standard InChI is InChI=1S/C24H30O9/c1-2-3-15-10-14(17-9-13(4-6-18(17)28)8-16(27)11-25)5-7-19(15)32-24-23(31)22(30)21(29)20(12-26)33-24/h2,4-7,9-10,16,20-31H,1,3,8,11-12H2/t16?,20-,21-,22+,23-,24-/m1/s1. The average Bonchev–Trinajstić information content (AvgIpc) is 2.81. The Bertz CT molecular complexity index is 946. The molecule has 0 spiro atoms. The minimum atomic E-state index is -1.56. The Morgan fingerprint density at radius 2 is 1.79 bits per heavy atom. The van der Waals surface area contributed by atoms with E-state index in [1.165, 1.54) is 6.07 Å². The van der Waals surface area contributed by atoms with Crippen LogP contribution in [-0.2, 0) is 17.6 Å². The van der Waals surface area contributed by atoms with Crippen LogP contribution >= 0.6 is 0 Å². The van der Waals surface area contributed by atoms with E-state index in [9.17, 15) is 30.6 Å². The number of benzene rings is 2. The van der Waals surface area contributed by atoms with E-state index in [-0.39, 0.29) is 18.8 Å². The monoisotopic (exact) mass is 462 g/mol. The van der Waals surface area contributed by atoms with Gasteiger partial charge in [0.25, 0.3) is 0 Å². The van der Waals surface area contributed by atoms with Crippen LogP contribution in [0.25, 0.3) is 11.1 Å².